The highest BCUT2D eigenvalue weighted by atomic mass is 32.2. The van der Waals surface area contributed by atoms with Gasteiger partial charge in [0.05, 0.1) is 32.6 Å². The molecule has 3 rings (SSSR count). The summed E-state index contributed by atoms with van der Waals surface area (Å²) in [5, 5.41) is 0.585. The number of fused-ring (bicyclic) bond motifs is 1. The highest BCUT2D eigenvalue weighted by molar-refractivity contribution is 8.14. The molecule has 2 aliphatic heterocycles. The van der Waals surface area contributed by atoms with Crippen LogP contribution in [0, 0.1) is 0 Å². The van der Waals surface area contributed by atoms with E-state index in [1.165, 1.54) is 18.9 Å². The molecule has 0 radical (unpaired) electrons. The van der Waals surface area contributed by atoms with Crippen molar-refractivity contribution in [1.82, 2.24) is 4.90 Å². The standard InChI is InChI=1S/C18H20N2O5S/c1-10-15(17(22)25-4)16(20-14(21)7-8-26-18(20)19-10)12-9-11(23-2)5-6-13(12)24-3/h5-6,9,16H,7-8H2,1-4H3/t16-/m0/s1. The van der Waals surface area contributed by atoms with E-state index in [-0.39, 0.29) is 5.91 Å². The summed E-state index contributed by atoms with van der Waals surface area (Å²) in [5.74, 6) is 1.20. The number of hydrogen-bond acceptors (Lipinski definition) is 7. The van der Waals surface area contributed by atoms with Crippen molar-refractivity contribution < 1.29 is 23.8 Å². The Morgan fingerprint density at radius 1 is 1.27 bits per heavy atom. The Morgan fingerprint density at radius 3 is 2.69 bits per heavy atom. The second-order valence-electron chi connectivity index (χ2n) is 5.76. The molecule has 7 nitrogen and oxygen atoms in total. The van der Waals surface area contributed by atoms with Crippen molar-refractivity contribution in [2.75, 3.05) is 27.1 Å². The van der Waals surface area contributed by atoms with Crippen LogP contribution in [0.3, 0.4) is 0 Å². The van der Waals surface area contributed by atoms with E-state index in [2.05, 4.69) is 4.99 Å². The number of hydrogen-bond donors (Lipinski definition) is 0. The number of methoxy groups -OCH3 is 3. The van der Waals surface area contributed by atoms with Crippen LogP contribution in [-0.4, -0.2) is 49.0 Å². The number of rotatable bonds is 4. The summed E-state index contributed by atoms with van der Waals surface area (Å²) in [6.07, 6.45) is 0.375. The number of carbonyl (C=O) groups is 2. The first kappa shape index (κ1) is 18.3. The van der Waals surface area contributed by atoms with Crippen LogP contribution >= 0.6 is 11.8 Å². The number of nitrogens with zero attached hydrogens (tertiary/aromatic N) is 2. The Labute approximate surface area is 156 Å². The number of allylic oxidation sites excluding steroid dienone is 1. The molecule has 1 atom stereocenters. The maximum Gasteiger partial charge on any atom is 0.338 e. The first-order chi connectivity index (χ1) is 12.5. The van der Waals surface area contributed by atoms with Gasteiger partial charge in [0.25, 0.3) is 0 Å². The Balaban J connectivity index is 2.25. The van der Waals surface area contributed by atoms with Gasteiger partial charge < -0.3 is 14.2 Å². The molecule has 0 spiro atoms. The van der Waals surface area contributed by atoms with E-state index in [1.54, 1.807) is 44.2 Å². The number of amides is 1. The molecule has 1 amide bonds. The number of esters is 1. The van der Waals surface area contributed by atoms with Crippen LogP contribution in [0.5, 0.6) is 11.5 Å². The zero-order chi connectivity index (χ0) is 18.8. The summed E-state index contributed by atoms with van der Waals surface area (Å²) in [4.78, 5) is 31.3. The summed E-state index contributed by atoms with van der Waals surface area (Å²) in [6, 6.07) is 4.61. The van der Waals surface area contributed by atoms with Crippen LogP contribution in [0.4, 0.5) is 0 Å². The minimum atomic E-state index is -0.680. The quantitative estimate of drug-likeness (QED) is 0.752. The third-order valence-corrected chi connectivity index (χ3v) is 5.30. The van der Waals surface area contributed by atoms with Crippen molar-refractivity contribution in [3.63, 3.8) is 0 Å². The fourth-order valence-corrected chi connectivity index (χ4v) is 4.12. The predicted molar refractivity (Wildman–Crippen MR) is 98.4 cm³/mol. The summed E-state index contributed by atoms with van der Waals surface area (Å²) < 4.78 is 15.8. The molecular weight excluding hydrogens is 356 g/mol. The SMILES string of the molecule is COC(=O)C1=C(C)N=C2SCCC(=O)N2[C@H]1c1cc(OC)ccc1OC. The normalized spacial score (nSPS) is 19.7. The van der Waals surface area contributed by atoms with Crippen molar-refractivity contribution in [1.29, 1.82) is 0 Å². The molecule has 26 heavy (non-hydrogen) atoms. The van der Waals surface area contributed by atoms with Gasteiger partial charge >= 0.3 is 5.97 Å². The Kier molecular flexibility index (Phi) is 5.22. The van der Waals surface area contributed by atoms with E-state index in [0.717, 1.165) is 0 Å². The van der Waals surface area contributed by atoms with Gasteiger partial charge in [-0.15, -0.1) is 0 Å². The lowest BCUT2D eigenvalue weighted by Crippen LogP contribution is -2.45. The molecule has 1 aromatic rings. The maximum atomic E-state index is 12.7. The number of amidine groups is 1. The minimum Gasteiger partial charge on any atom is -0.497 e. The van der Waals surface area contributed by atoms with Crippen LogP contribution in [-0.2, 0) is 14.3 Å². The average molecular weight is 376 g/mol. The van der Waals surface area contributed by atoms with Gasteiger partial charge in [0.15, 0.2) is 5.17 Å². The molecule has 0 unspecified atom stereocenters. The fourth-order valence-electron chi connectivity index (χ4n) is 3.11. The molecule has 0 N–H and O–H groups in total. The molecule has 2 heterocycles. The lowest BCUT2D eigenvalue weighted by molar-refractivity contribution is -0.137. The Hall–Kier alpha value is -2.48. The molecule has 8 heteroatoms. The van der Waals surface area contributed by atoms with Crippen LogP contribution in [0.25, 0.3) is 0 Å². The molecule has 0 aromatic heterocycles. The molecule has 0 aliphatic carbocycles. The second kappa shape index (κ2) is 7.41. The third-order valence-electron chi connectivity index (χ3n) is 4.34. The highest BCUT2D eigenvalue weighted by Crippen LogP contribution is 2.44. The second-order valence-corrected chi connectivity index (χ2v) is 6.82. The van der Waals surface area contributed by atoms with Crippen molar-refractivity contribution in [2.24, 2.45) is 4.99 Å². The number of thioether (sulfide) groups is 1. The predicted octanol–water partition coefficient (Wildman–Crippen LogP) is 2.53. The molecule has 2 aliphatic rings. The van der Waals surface area contributed by atoms with Crippen molar-refractivity contribution in [2.45, 2.75) is 19.4 Å². The summed E-state index contributed by atoms with van der Waals surface area (Å²) in [5.41, 5.74) is 1.49. The number of ether oxygens (including phenoxy) is 3. The number of benzene rings is 1. The zero-order valence-electron chi connectivity index (χ0n) is 15.1. The molecule has 1 fully saturated rings. The van der Waals surface area contributed by atoms with Crippen LogP contribution < -0.4 is 9.47 Å². The van der Waals surface area contributed by atoms with E-state index < -0.39 is 12.0 Å². The minimum absolute atomic E-state index is 0.0914. The van der Waals surface area contributed by atoms with Crippen molar-refractivity contribution in [3.8, 4) is 11.5 Å². The zero-order valence-corrected chi connectivity index (χ0v) is 15.9. The summed E-state index contributed by atoms with van der Waals surface area (Å²) in [6.45, 7) is 1.75. The van der Waals surface area contributed by atoms with Gasteiger partial charge in [0.1, 0.15) is 17.5 Å². The maximum absolute atomic E-state index is 12.7. The Bertz CT molecular complexity index is 818. The first-order valence-corrected chi connectivity index (χ1v) is 9.05. The van der Waals surface area contributed by atoms with Crippen molar-refractivity contribution >= 4 is 28.8 Å². The van der Waals surface area contributed by atoms with E-state index in [4.69, 9.17) is 14.2 Å². The lowest BCUT2D eigenvalue weighted by Gasteiger charge is -2.39. The van der Waals surface area contributed by atoms with E-state index in [1.807, 2.05) is 0 Å². The number of carbonyl (C=O) groups excluding carboxylic acids is 2. The monoisotopic (exact) mass is 376 g/mol. The van der Waals surface area contributed by atoms with Gasteiger partial charge in [-0.1, -0.05) is 11.8 Å². The summed E-state index contributed by atoms with van der Waals surface area (Å²) >= 11 is 1.49. The van der Waals surface area contributed by atoms with Crippen LogP contribution in [0.2, 0.25) is 0 Å². The first-order valence-electron chi connectivity index (χ1n) is 8.06. The van der Waals surface area contributed by atoms with Gasteiger partial charge in [0, 0.05) is 17.7 Å². The molecule has 1 saturated heterocycles. The highest BCUT2D eigenvalue weighted by Gasteiger charge is 2.42. The van der Waals surface area contributed by atoms with E-state index >= 15 is 0 Å². The number of aliphatic imine (C=N–C) groups is 1. The fraction of sp³-hybridized carbons (Fsp3) is 0.389. The lowest BCUT2D eigenvalue weighted by atomic mass is 9.93. The largest absolute Gasteiger partial charge is 0.497 e. The molecule has 0 saturated carbocycles. The molecule has 1 aromatic carbocycles. The molecule has 138 valence electrons. The van der Waals surface area contributed by atoms with Crippen molar-refractivity contribution in [3.05, 3.63) is 35.0 Å². The van der Waals surface area contributed by atoms with E-state index in [9.17, 15) is 9.59 Å². The topological polar surface area (TPSA) is 77.4 Å². The van der Waals surface area contributed by atoms with Gasteiger partial charge in [0.2, 0.25) is 5.91 Å². The van der Waals surface area contributed by atoms with Gasteiger partial charge in [-0.05, 0) is 25.1 Å². The smallest absolute Gasteiger partial charge is 0.338 e. The Morgan fingerprint density at radius 2 is 2.04 bits per heavy atom. The van der Waals surface area contributed by atoms with E-state index in [0.29, 0.717) is 45.7 Å². The van der Waals surface area contributed by atoms with Crippen LogP contribution in [0.15, 0.2) is 34.5 Å². The van der Waals surface area contributed by atoms with Crippen LogP contribution in [0.1, 0.15) is 24.9 Å². The van der Waals surface area contributed by atoms with Gasteiger partial charge in [-0.3, -0.25) is 9.69 Å². The average Bonchev–Trinajstić information content (AvgIpc) is 2.66. The molecule has 0 bridgehead atoms. The molecular formula is C18H20N2O5S. The van der Waals surface area contributed by atoms with Gasteiger partial charge in [-0.2, -0.15) is 0 Å². The summed E-state index contributed by atoms with van der Waals surface area (Å²) in [7, 11) is 4.42. The van der Waals surface area contributed by atoms with Gasteiger partial charge in [-0.25, -0.2) is 9.79 Å². The third kappa shape index (κ3) is 3.05.